The van der Waals surface area contributed by atoms with Crippen LogP contribution in [0.25, 0.3) is 0 Å². The summed E-state index contributed by atoms with van der Waals surface area (Å²) < 4.78 is 11.5. The van der Waals surface area contributed by atoms with Crippen LogP contribution < -0.4 is 0 Å². The number of halogens is 2. The summed E-state index contributed by atoms with van der Waals surface area (Å²) >= 11 is 11.5. The van der Waals surface area contributed by atoms with Gasteiger partial charge in [0.25, 0.3) is 0 Å². The fourth-order valence-corrected chi connectivity index (χ4v) is 2.22. The Kier molecular flexibility index (Phi) is 4.40. The number of rotatable bonds is 3. The summed E-state index contributed by atoms with van der Waals surface area (Å²) in [6.07, 6.45) is 0.271. The summed E-state index contributed by atoms with van der Waals surface area (Å²) in [5.74, 6) is 0.328. The van der Waals surface area contributed by atoms with Gasteiger partial charge in [0, 0.05) is 17.1 Å². The van der Waals surface area contributed by atoms with E-state index in [-0.39, 0.29) is 6.42 Å². The van der Waals surface area contributed by atoms with Crippen LogP contribution in [0.3, 0.4) is 0 Å². The molecule has 1 aromatic rings. The molecule has 0 N–H and O–H groups in total. The molecule has 0 fully saturated rings. The van der Waals surface area contributed by atoms with Crippen LogP contribution in [-0.4, -0.2) is 9.96 Å². The second kappa shape index (κ2) is 5.35. The zero-order chi connectivity index (χ0) is 10.6. The van der Waals surface area contributed by atoms with Crippen LogP contribution in [-0.2, 0) is 10.8 Å². The van der Waals surface area contributed by atoms with E-state index in [1.807, 2.05) is 6.07 Å². The van der Waals surface area contributed by atoms with E-state index < -0.39 is 10.8 Å². The molecule has 0 saturated carbocycles. The first kappa shape index (κ1) is 11.5. The lowest BCUT2D eigenvalue weighted by molar-refractivity contribution is 0.683. The van der Waals surface area contributed by atoms with Gasteiger partial charge in [0.15, 0.2) is 0 Å². The third-order valence-electron chi connectivity index (χ3n) is 1.55. The third-order valence-corrected chi connectivity index (χ3v) is 3.65. The van der Waals surface area contributed by atoms with E-state index in [0.29, 0.717) is 20.7 Å². The van der Waals surface area contributed by atoms with Crippen molar-refractivity contribution in [1.29, 1.82) is 5.26 Å². The van der Waals surface area contributed by atoms with Crippen LogP contribution >= 0.6 is 23.2 Å². The van der Waals surface area contributed by atoms with Gasteiger partial charge in [0.1, 0.15) is 0 Å². The maximum Gasteiger partial charge on any atom is 0.0631 e. The Bertz CT molecular complexity index is 400. The molecule has 1 rings (SSSR count). The number of hydrogen-bond acceptors (Lipinski definition) is 2. The maximum atomic E-state index is 11.5. The predicted octanol–water partition coefficient (Wildman–Crippen LogP) is 3.01. The molecule has 74 valence electrons. The van der Waals surface area contributed by atoms with Crippen LogP contribution in [0.5, 0.6) is 0 Å². The molecule has 0 radical (unpaired) electrons. The van der Waals surface area contributed by atoms with Crippen molar-refractivity contribution in [2.45, 2.75) is 11.3 Å². The summed E-state index contributed by atoms with van der Waals surface area (Å²) in [6, 6.07) is 6.76. The van der Waals surface area contributed by atoms with Crippen molar-refractivity contribution in [3.8, 4) is 6.07 Å². The minimum Gasteiger partial charge on any atom is -0.254 e. The smallest absolute Gasteiger partial charge is 0.0631 e. The fourth-order valence-electron chi connectivity index (χ4n) is 0.875. The summed E-state index contributed by atoms with van der Waals surface area (Å²) in [4.78, 5) is 0.606. The maximum absolute atomic E-state index is 11.5. The Morgan fingerprint density at radius 2 is 2.07 bits per heavy atom. The van der Waals surface area contributed by atoms with Crippen molar-refractivity contribution in [3.05, 3.63) is 28.2 Å². The molecular weight excluding hydrogens is 241 g/mol. The van der Waals surface area contributed by atoms with Crippen LogP contribution in [0.15, 0.2) is 23.1 Å². The van der Waals surface area contributed by atoms with Crippen LogP contribution in [0.4, 0.5) is 0 Å². The van der Waals surface area contributed by atoms with E-state index in [4.69, 9.17) is 28.5 Å². The topological polar surface area (TPSA) is 40.9 Å². The first-order valence-electron chi connectivity index (χ1n) is 3.85. The minimum atomic E-state index is -1.17. The zero-order valence-corrected chi connectivity index (χ0v) is 9.49. The molecule has 2 nitrogen and oxygen atoms in total. The molecule has 0 heterocycles. The Morgan fingerprint density at radius 3 is 2.64 bits per heavy atom. The summed E-state index contributed by atoms with van der Waals surface area (Å²) in [6.45, 7) is 0. The fraction of sp³-hybridized carbons (Fsp3) is 0.222. The largest absolute Gasteiger partial charge is 0.254 e. The normalized spacial score (nSPS) is 12.1. The van der Waals surface area contributed by atoms with Gasteiger partial charge in [0.2, 0.25) is 0 Å². The van der Waals surface area contributed by atoms with E-state index in [1.165, 1.54) is 0 Å². The summed E-state index contributed by atoms with van der Waals surface area (Å²) in [5, 5.41) is 9.15. The number of nitrogens with zero attached hydrogens (tertiary/aromatic N) is 1. The summed E-state index contributed by atoms with van der Waals surface area (Å²) in [7, 11) is -1.17. The Balaban J connectivity index is 2.82. The van der Waals surface area contributed by atoms with Crippen molar-refractivity contribution < 1.29 is 4.21 Å². The molecule has 0 bridgehead atoms. The summed E-state index contributed by atoms with van der Waals surface area (Å²) in [5.41, 5.74) is 0. The Morgan fingerprint density at radius 1 is 1.36 bits per heavy atom. The molecule has 0 spiro atoms. The highest BCUT2D eigenvalue weighted by atomic mass is 35.5. The second-order valence-electron chi connectivity index (χ2n) is 2.53. The van der Waals surface area contributed by atoms with Gasteiger partial charge >= 0.3 is 0 Å². The van der Waals surface area contributed by atoms with Crippen molar-refractivity contribution in [2.75, 3.05) is 5.75 Å². The zero-order valence-electron chi connectivity index (χ0n) is 7.17. The standard InChI is InChI=1S/C9H7Cl2NOS/c10-8-3-2-7(6-9(8)11)14(13)5-1-4-12/h2-3,6H,1,5H2. The van der Waals surface area contributed by atoms with Gasteiger partial charge in [0.05, 0.1) is 26.9 Å². The number of hydrogen-bond donors (Lipinski definition) is 0. The van der Waals surface area contributed by atoms with Gasteiger partial charge in [-0.05, 0) is 18.2 Å². The average molecular weight is 248 g/mol. The molecule has 1 atom stereocenters. The molecule has 5 heteroatoms. The molecule has 0 aliphatic carbocycles. The highest BCUT2D eigenvalue weighted by Crippen LogP contribution is 2.24. The van der Waals surface area contributed by atoms with E-state index in [9.17, 15) is 4.21 Å². The van der Waals surface area contributed by atoms with Crippen molar-refractivity contribution in [1.82, 2.24) is 0 Å². The quantitative estimate of drug-likeness (QED) is 0.824. The van der Waals surface area contributed by atoms with Crippen LogP contribution in [0.1, 0.15) is 6.42 Å². The van der Waals surface area contributed by atoms with E-state index in [1.54, 1.807) is 18.2 Å². The molecule has 0 aliphatic heterocycles. The van der Waals surface area contributed by atoms with Gasteiger partial charge in [-0.2, -0.15) is 5.26 Å². The molecule has 1 aromatic carbocycles. The highest BCUT2D eigenvalue weighted by molar-refractivity contribution is 7.85. The van der Waals surface area contributed by atoms with Crippen molar-refractivity contribution in [3.63, 3.8) is 0 Å². The third kappa shape index (κ3) is 2.98. The van der Waals surface area contributed by atoms with Gasteiger partial charge in [-0.1, -0.05) is 23.2 Å². The van der Waals surface area contributed by atoms with E-state index in [0.717, 1.165) is 0 Å². The SMILES string of the molecule is N#CCCS(=O)c1ccc(Cl)c(Cl)c1. The molecule has 0 aromatic heterocycles. The number of nitriles is 1. The minimum absolute atomic E-state index is 0.271. The molecular formula is C9H7Cl2NOS. The Labute approximate surface area is 94.9 Å². The predicted molar refractivity (Wildman–Crippen MR) is 58.0 cm³/mol. The van der Waals surface area contributed by atoms with Crippen molar-refractivity contribution in [2.24, 2.45) is 0 Å². The van der Waals surface area contributed by atoms with E-state index in [2.05, 4.69) is 0 Å². The average Bonchev–Trinajstić information content (AvgIpc) is 2.18. The lowest BCUT2D eigenvalue weighted by Crippen LogP contribution is -1.96. The number of benzene rings is 1. The van der Waals surface area contributed by atoms with Gasteiger partial charge in [-0.25, -0.2) is 0 Å². The van der Waals surface area contributed by atoms with Gasteiger partial charge in [-0.15, -0.1) is 0 Å². The van der Waals surface area contributed by atoms with Crippen molar-refractivity contribution >= 4 is 34.0 Å². The molecule has 14 heavy (non-hydrogen) atoms. The highest BCUT2D eigenvalue weighted by Gasteiger charge is 2.05. The van der Waals surface area contributed by atoms with Gasteiger partial charge in [-0.3, -0.25) is 4.21 Å². The Hall–Kier alpha value is -0.560. The lowest BCUT2D eigenvalue weighted by Gasteiger charge is -2.01. The van der Waals surface area contributed by atoms with Crippen LogP contribution in [0, 0.1) is 11.3 Å². The second-order valence-corrected chi connectivity index (χ2v) is 4.92. The first-order chi connectivity index (χ1) is 6.65. The van der Waals surface area contributed by atoms with Crippen LogP contribution in [0.2, 0.25) is 10.0 Å². The monoisotopic (exact) mass is 247 g/mol. The molecule has 0 amide bonds. The molecule has 0 aliphatic rings. The van der Waals surface area contributed by atoms with Gasteiger partial charge < -0.3 is 0 Å². The molecule has 0 saturated heterocycles. The first-order valence-corrected chi connectivity index (χ1v) is 5.93. The lowest BCUT2D eigenvalue weighted by atomic mass is 10.4. The van der Waals surface area contributed by atoms with E-state index >= 15 is 0 Å². The molecule has 1 unspecified atom stereocenters.